The molecular formula is C26H24N2O6. The van der Waals surface area contributed by atoms with Gasteiger partial charge >= 0.3 is 0 Å². The van der Waals surface area contributed by atoms with Crippen molar-refractivity contribution in [1.29, 1.82) is 0 Å². The predicted octanol–water partition coefficient (Wildman–Crippen LogP) is 2.95. The zero-order valence-electron chi connectivity index (χ0n) is 18.3. The molecule has 2 aliphatic rings. The zero-order chi connectivity index (χ0) is 23.3. The quantitative estimate of drug-likeness (QED) is 0.559. The molecule has 3 heterocycles. The van der Waals surface area contributed by atoms with Gasteiger partial charge < -0.3 is 29.0 Å². The first kappa shape index (κ1) is 22.1. The monoisotopic (exact) mass is 460 g/mol. The van der Waals surface area contributed by atoms with Crippen LogP contribution in [0.15, 0.2) is 89.9 Å². The minimum Gasteiger partial charge on any atom is -0.486 e. The second kappa shape index (κ2) is 10.0. The summed E-state index contributed by atoms with van der Waals surface area (Å²) < 4.78 is 23.5. The Morgan fingerprint density at radius 1 is 1.00 bits per heavy atom. The van der Waals surface area contributed by atoms with Gasteiger partial charge in [0.2, 0.25) is 5.75 Å². The molecule has 1 saturated heterocycles. The normalized spacial score (nSPS) is 23.3. The molecule has 2 aliphatic heterocycles. The van der Waals surface area contributed by atoms with Crippen LogP contribution in [-0.4, -0.2) is 40.0 Å². The molecule has 1 fully saturated rings. The van der Waals surface area contributed by atoms with Crippen LogP contribution in [0.5, 0.6) is 5.75 Å². The Morgan fingerprint density at radius 3 is 2.44 bits per heavy atom. The van der Waals surface area contributed by atoms with E-state index in [-0.39, 0.29) is 18.1 Å². The fourth-order valence-electron chi connectivity index (χ4n) is 3.97. The number of hydrogen-bond donors (Lipinski definition) is 2. The van der Waals surface area contributed by atoms with Crippen LogP contribution in [0.3, 0.4) is 0 Å². The van der Waals surface area contributed by atoms with Gasteiger partial charge in [-0.1, -0.05) is 60.7 Å². The Bertz CT molecular complexity index is 1240. The van der Waals surface area contributed by atoms with E-state index in [0.717, 1.165) is 11.1 Å². The van der Waals surface area contributed by atoms with Crippen molar-refractivity contribution in [3.05, 3.63) is 112 Å². The Labute approximate surface area is 196 Å². The minimum atomic E-state index is -1.08. The van der Waals surface area contributed by atoms with E-state index in [0.29, 0.717) is 24.5 Å². The summed E-state index contributed by atoms with van der Waals surface area (Å²) in [7, 11) is 0. The average molecular weight is 460 g/mol. The Morgan fingerprint density at radius 2 is 1.71 bits per heavy atom. The average Bonchev–Trinajstić information content (AvgIpc) is 3.19. The first-order chi connectivity index (χ1) is 16.7. The molecule has 5 rings (SSSR count). The number of H-pyrrole nitrogens is 1. The Hall–Kier alpha value is -3.72. The third-order valence-corrected chi connectivity index (χ3v) is 5.66. The number of rotatable bonds is 7. The van der Waals surface area contributed by atoms with Crippen LogP contribution in [0.1, 0.15) is 16.8 Å². The molecule has 3 aromatic rings. The van der Waals surface area contributed by atoms with Gasteiger partial charge in [0.05, 0.1) is 32.4 Å². The highest BCUT2D eigenvalue weighted by Crippen LogP contribution is 2.37. The van der Waals surface area contributed by atoms with Crippen molar-refractivity contribution in [1.82, 2.24) is 9.97 Å². The number of aliphatic hydroxyl groups excluding tert-OH is 1. The summed E-state index contributed by atoms with van der Waals surface area (Å²) in [4.78, 5) is 18.9. The van der Waals surface area contributed by atoms with Crippen molar-refractivity contribution in [2.24, 2.45) is 0 Å². The zero-order valence-corrected chi connectivity index (χ0v) is 18.3. The molecule has 174 valence electrons. The van der Waals surface area contributed by atoms with Crippen LogP contribution in [0.25, 0.3) is 5.57 Å². The van der Waals surface area contributed by atoms with E-state index in [1.165, 1.54) is 12.6 Å². The number of aromatic nitrogens is 2. The maximum Gasteiger partial charge on any atom is 0.294 e. The second-order valence-electron chi connectivity index (χ2n) is 7.97. The van der Waals surface area contributed by atoms with Crippen molar-refractivity contribution in [3.8, 4) is 5.75 Å². The minimum absolute atomic E-state index is 0.0498. The molecule has 8 heteroatoms. The Balaban J connectivity index is 1.40. The molecule has 2 N–H and O–H groups in total. The largest absolute Gasteiger partial charge is 0.486 e. The second-order valence-corrected chi connectivity index (χ2v) is 7.97. The topological polar surface area (TPSA) is 103 Å². The van der Waals surface area contributed by atoms with Gasteiger partial charge in [0, 0.05) is 5.57 Å². The summed E-state index contributed by atoms with van der Waals surface area (Å²) in [5.74, 6) is 0.319. The highest BCUT2D eigenvalue weighted by atomic mass is 16.6. The van der Waals surface area contributed by atoms with E-state index in [2.05, 4.69) is 9.97 Å². The molecule has 1 unspecified atom stereocenters. The van der Waals surface area contributed by atoms with E-state index < -0.39 is 23.9 Å². The van der Waals surface area contributed by atoms with Crippen molar-refractivity contribution >= 4 is 5.57 Å². The van der Waals surface area contributed by atoms with Crippen LogP contribution in [0.2, 0.25) is 0 Å². The third-order valence-electron chi connectivity index (χ3n) is 5.66. The molecule has 34 heavy (non-hydrogen) atoms. The smallest absolute Gasteiger partial charge is 0.294 e. The van der Waals surface area contributed by atoms with E-state index in [1.807, 2.05) is 60.7 Å². The molecular weight excluding hydrogens is 436 g/mol. The molecule has 1 aromatic heterocycles. The molecule has 0 saturated carbocycles. The SMILES string of the molecule is O=c1[nH]cnc2c1OC=C/C2=C1\OC(COCc2ccccc2)[C@@H](OCc2ccccc2)[C@H]1O. The number of fused-ring (bicyclic) bond motifs is 1. The van der Waals surface area contributed by atoms with Gasteiger partial charge in [-0.15, -0.1) is 0 Å². The van der Waals surface area contributed by atoms with Crippen molar-refractivity contribution in [3.63, 3.8) is 0 Å². The molecule has 0 amide bonds. The van der Waals surface area contributed by atoms with Gasteiger partial charge in [0.1, 0.15) is 23.7 Å². The number of aliphatic hydroxyl groups is 1. The van der Waals surface area contributed by atoms with Gasteiger partial charge in [-0.3, -0.25) is 4.79 Å². The van der Waals surface area contributed by atoms with Crippen molar-refractivity contribution in [2.45, 2.75) is 31.5 Å². The molecule has 0 bridgehead atoms. The number of hydrogen-bond acceptors (Lipinski definition) is 7. The number of ether oxygens (including phenoxy) is 4. The number of allylic oxidation sites excluding steroid dienone is 2. The summed E-state index contributed by atoms with van der Waals surface area (Å²) >= 11 is 0. The molecule has 3 atom stereocenters. The van der Waals surface area contributed by atoms with Gasteiger partial charge in [-0.2, -0.15) is 0 Å². The predicted molar refractivity (Wildman–Crippen MR) is 124 cm³/mol. The number of benzene rings is 2. The first-order valence-electron chi connectivity index (χ1n) is 11.0. The van der Waals surface area contributed by atoms with Crippen LogP contribution >= 0.6 is 0 Å². The summed E-state index contributed by atoms with van der Waals surface area (Å²) in [5, 5.41) is 11.2. The summed E-state index contributed by atoms with van der Waals surface area (Å²) in [6.07, 6.45) is 1.95. The van der Waals surface area contributed by atoms with Crippen molar-refractivity contribution in [2.75, 3.05) is 6.61 Å². The van der Waals surface area contributed by atoms with E-state index >= 15 is 0 Å². The lowest BCUT2D eigenvalue weighted by Gasteiger charge is -2.20. The molecule has 2 aromatic carbocycles. The van der Waals surface area contributed by atoms with Crippen LogP contribution in [0.4, 0.5) is 0 Å². The lowest BCUT2D eigenvalue weighted by molar-refractivity contribution is -0.0732. The maximum atomic E-state index is 12.1. The Kier molecular flexibility index (Phi) is 6.53. The molecule has 8 nitrogen and oxygen atoms in total. The lowest BCUT2D eigenvalue weighted by atomic mass is 10.0. The van der Waals surface area contributed by atoms with Crippen LogP contribution < -0.4 is 10.3 Å². The van der Waals surface area contributed by atoms with Crippen LogP contribution in [0, 0.1) is 0 Å². The summed E-state index contributed by atoms with van der Waals surface area (Å²) in [6, 6.07) is 19.5. The highest BCUT2D eigenvalue weighted by molar-refractivity contribution is 5.78. The maximum absolute atomic E-state index is 12.1. The van der Waals surface area contributed by atoms with E-state index in [1.54, 1.807) is 6.08 Å². The number of nitrogens with zero attached hydrogens (tertiary/aromatic N) is 1. The van der Waals surface area contributed by atoms with Crippen LogP contribution in [-0.2, 0) is 27.4 Å². The lowest BCUT2D eigenvalue weighted by Crippen LogP contribution is -2.35. The van der Waals surface area contributed by atoms with E-state index in [4.69, 9.17) is 18.9 Å². The number of aromatic amines is 1. The van der Waals surface area contributed by atoms with Gasteiger partial charge in [-0.25, -0.2) is 4.98 Å². The standard InChI is InChI=1S/C26H24N2O6/c29-22-23(19-11-12-32-25-21(19)27-16-28-26(25)30)34-20(15-31-13-17-7-3-1-4-8-17)24(22)33-14-18-9-5-2-6-10-18/h1-12,16,20,22,24,29H,13-15H2,(H,27,28,30)/b23-19+/t20?,22-,24+/m0/s1. The summed E-state index contributed by atoms with van der Waals surface area (Å²) in [5.41, 5.74) is 2.36. The molecule has 0 radical (unpaired) electrons. The van der Waals surface area contributed by atoms with Crippen molar-refractivity contribution < 1.29 is 24.1 Å². The highest BCUT2D eigenvalue weighted by Gasteiger charge is 2.44. The fourth-order valence-corrected chi connectivity index (χ4v) is 3.97. The van der Waals surface area contributed by atoms with Gasteiger partial charge in [-0.05, 0) is 17.2 Å². The van der Waals surface area contributed by atoms with E-state index in [9.17, 15) is 9.90 Å². The first-order valence-corrected chi connectivity index (χ1v) is 11.0. The van der Waals surface area contributed by atoms with Gasteiger partial charge in [0.15, 0.2) is 6.10 Å². The number of nitrogens with one attached hydrogen (secondary N) is 1. The molecule has 0 spiro atoms. The fraction of sp³-hybridized carbons (Fsp3) is 0.231. The summed E-state index contributed by atoms with van der Waals surface area (Å²) in [6.45, 7) is 0.914. The third kappa shape index (κ3) is 4.65. The molecule has 0 aliphatic carbocycles. The van der Waals surface area contributed by atoms with Gasteiger partial charge in [0.25, 0.3) is 5.56 Å².